The van der Waals surface area contributed by atoms with Gasteiger partial charge in [0.2, 0.25) is 0 Å². The van der Waals surface area contributed by atoms with Gasteiger partial charge in [0.05, 0.1) is 5.92 Å². The van der Waals surface area contributed by atoms with E-state index in [2.05, 4.69) is 14.8 Å². The molecule has 5 nitrogen and oxygen atoms in total. The van der Waals surface area contributed by atoms with Crippen LogP contribution >= 0.6 is 11.8 Å². The molecule has 0 aliphatic heterocycles. The average molecular weight is 293 g/mol. The van der Waals surface area contributed by atoms with Crippen molar-refractivity contribution in [3.8, 4) is 0 Å². The molecule has 0 amide bonds. The van der Waals surface area contributed by atoms with Gasteiger partial charge in [-0.3, -0.25) is 4.79 Å². The number of thioether (sulfide) groups is 1. The maximum absolute atomic E-state index is 11.3. The van der Waals surface area contributed by atoms with Gasteiger partial charge in [0, 0.05) is 17.2 Å². The zero-order valence-electron chi connectivity index (χ0n) is 11.4. The minimum absolute atomic E-state index is 0.168. The van der Waals surface area contributed by atoms with Crippen molar-refractivity contribution < 1.29 is 9.90 Å². The molecule has 0 saturated heterocycles. The zero-order valence-corrected chi connectivity index (χ0v) is 12.2. The Balaban J connectivity index is 1.57. The fourth-order valence-electron chi connectivity index (χ4n) is 3.15. The lowest BCUT2D eigenvalue weighted by Gasteiger charge is -2.15. The number of carboxylic acid groups (broad SMARTS) is 1. The Morgan fingerprint density at radius 3 is 2.60 bits per heavy atom. The Morgan fingerprint density at radius 2 is 1.95 bits per heavy atom. The Morgan fingerprint density at radius 1 is 1.15 bits per heavy atom. The molecule has 108 valence electrons. The molecule has 1 N–H and O–H groups in total. The quantitative estimate of drug-likeness (QED) is 0.904. The normalized spacial score (nSPS) is 29.8. The average Bonchev–Trinajstić information content (AvgIpc) is 3.35. The van der Waals surface area contributed by atoms with Crippen molar-refractivity contribution in [2.24, 2.45) is 5.92 Å². The van der Waals surface area contributed by atoms with E-state index in [4.69, 9.17) is 0 Å². The molecule has 3 aliphatic rings. The van der Waals surface area contributed by atoms with Crippen molar-refractivity contribution >= 4 is 17.7 Å². The third-order valence-electron chi connectivity index (χ3n) is 4.57. The second kappa shape index (κ2) is 4.76. The van der Waals surface area contributed by atoms with Crippen LogP contribution in [-0.4, -0.2) is 31.1 Å². The molecule has 1 aromatic rings. The molecule has 3 saturated carbocycles. The van der Waals surface area contributed by atoms with Crippen LogP contribution in [0.5, 0.6) is 0 Å². The van der Waals surface area contributed by atoms with E-state index in [9.17, 15) is 9.90 Å². The van der Waals surface area contributed by atoms with Crippen LogP contribution in [0.2, 0.25) is 0 Å². The molecule has 0 spiro atoms. The number of rotatable bonds is 5. The fourth-order valence-corrected chi connectivity index (χ4v) is 4.57. The largest absolute Gasteiger partial charge is 0.481 e. The van der Waals surface area contributed by atoms with Gasteiger partial charge >= 0.3 is 5.97 Å². The van der Waals surface area contributed by atoms with Crippen LogP contribution in [0.3, 0.4) is 0 Å². The monoisotopic (exact) mass is 293 g/mol. The van der Waals surface area contributed by atoms with E-state index >= 15 is 0 Å². The van der Waals surface area contributed by atoms with Crippen molar-refractivity contribution in [1.29, 1.82) is 0 Å². The van der Waals surface area contributed by atoms with Gasteiger partial charge in [-0.2, -0.15) is 0 Å². The van der Waals surface area contributed by atoms with Gasteiger partial charge in [-0.25, -0.2) is 0 Å². The van der Waals surface area contributed by atoms with Crippen LogP contribution < -0.4 is 0 Å². The van der Waals surface area contributed by atoms with Crippen molar-refractivity contribution in [3.05, 3.63) is 5.82 Å². The highest BCUT2D eigenvalue weighted by atomic mass is 32.2. The molecular formula is C14H19N3O2S. The predicted molar refractivity (Wildman–Crippen MR) is 74.9 cm³/mol. The molecule has 2 atom stereocenters. The fraction of sp³-hybridized carbons (Fsp3) is 0.786. The highest BCUT2D eigenvalue weighted by molar-refractivity contribution is 7.99. The van der Waals surface area contributed by atoms with E-state index in [1.165, 1.54) is 25.7 Å². The van der Waals surface area contributed by atoms with Gasteiger partial charge in [0.1, 0.15) is 5.82 Å². The van der Waals surface area contributed by atoms with Gasteiger partial charge in [-0.15, -0.1) is 10.2 Å². The Labute approximate surface area is 122 Å². The van der Waals surface area contributed by atoms with E-state index in [1.807, 2.05) is 0 Å². The van der Waals surface area contributed by atoms with Crippen molar-refractivity contribution in [3.63, 3.8) is 0 Å². The number of nitrogens with zero attached hydrogens (tertiary/aromatic N) is 3. The zero-order chi connectivity index (χ0) is 13.7. The molecule has 6 heteroatoms. The maximum atomic E-state index is 11.3. The Kier molecular flexibility index (Phi) is 3.02. The highest BCUT2D eigenvalue weighted by Crippen LogP contribution is 2.47. The first-order chi connectivity index (χ1) is 9.74. The molecule has 2 unspecified atom stereocenters. The highest BCUT2D eigenvalue weighted by Gasteiger charge is 2.39. The summed E-state index contributed by atoms with van der Waals surface area (Å²) in [6.45, 7) is 0. The van der Waals surface area contributed by atoms with Crippen LogP contribution in [0.4, 0.5) is 0 Å². The van der Waals surface area contributed by atoms with Crippen molar-refractivity contribution in [2.45, 2.75) is 67.3 Å². The lowest BCUT2D eigenvalue weighted by atomic mass is 10.1. The molecule has 0 aromatic carbocycles. The Bertz CT molecular complexity index is 537. The first-order valence-electron chi connectivity index (χ1n) is 7.58. The maximum Gasteiger partial charge on any atom is 0.307 e. The molecule has 0 radical (unpaired) electrons. The number of hydrogen-bond donors (Lipinski definition) is 1. The van der Waals surface area contributed by atoms with E-state index in [1.54, 1.807) is 11.8 Å². The molecule has 0 bridgehead atoms. The summed E-state index contributed by atoms with van der Waals surface area (Å²) in [5, 5.41) is 19.2. The topological polar surface area (TPSA) is 68.0 Å². The van der Waals surface area contributed by atoms with Crippen LogP contribution in [0.25, 0.3) is 0 Å². The second-order valence-corrected chi connectivity index (χ2v) is 7.45. The van der Waals surface area contributed by atoms with Crippen LogP contribution in [0, 0.1) is 5.92 Å². The molecular weight excluding hydrogens is 274 g/mol. The summed E-state index contributed by atoms with van der Waals surface area (Å²) in [5.74, 6) is 0.893. The summed E-state index contributed by atoms with van der Waals surface area (Å²) >= 11 is 1.66. The van der Waals surface area contributed by atoms with Crippen molar-refractivity contribution in [1.82, 2.24) is 14.8 Å². The molecule has 1 aromatic heterocycles. The number of hydrogen-bond acceptors (Lipinski definition) is 4. The first-order valence-corrected chi connectivity index (χ1v) is 8.46. The summed E-state index contributed by atoms with van der Waals surface area (Å²) in [6.07, 6.45) is 7.71. The number of aliphatic carboxylic acids is 1. The number of carbonyl (C=O) groups is 1. The van der Waals surface area contributed by atoms with Gasteiger partial charge < -0.3 is 9.67 Å². The molecule has 20 heavy (non-hydrogen) atoms. The minimum atomic E-state index is -0.653. The lowest BCUT2D eigenvalue weighted by molar-refractivity contribution is -0.141. The molecule has 3 fully saturated rings. The summed E-state index contributed by atoms with van der Waals surface area (Å²) in [4.78, 5) is 11.3. The summed E-state index contributed by atoms with van der Waals surface area (Å²) in [5.41, 5.74) is 0. The van der Waals surface area contributed by atoms with Gasteiger partial charge in [0.25, 0.3) is 0 Å². The predicted octanol–water partition coefficient (Wildman–Crippen LogP) is 2.84. The van der Waals surface area contributed by atoms with Gasteiger partial charge in [-0.1, -0.05) is 18.2 Å². The molecule has 3 aliphatic carbocycles. The van der Waals surface area contributed by atoms with E-state index in [0.29, 0.717) is 12.0 Å². The first kappa shape index (κ1) is 12.7. The number of carboxylic acids is 1. The van der Waals surface area contributed by atoms with Crippen LogP contribution in [-0.2, 0) is 4.79 Å². The third-order valence-corrected chi connectivity index (χ3v) is 5.93. The minimum Gasteiger partial charge on any atom is -0.481 e. The molecule has 1 heterocycles. The van der Waals surface area contributed by atoms with Crippen LogP contribution in [0.15, 0.2) is 5.16 Å². The van der Waals surface area contributed by atoms with Gasteiger partial charge in [0.15, 0.2) is 5.16 Å². The van der Waals surface area contributed by atoms with Crippen molar-refractivity contribution in [2.75, 3.05) is 0 Å². The SMILES string of the molecule is O=C(O)C1CCCC1Sc1nnc(C2CC2)n1C1CC1. The summed E-state index contributed by atoms with van der Waals surface area (Å²) in [7, 11) is 0. The van der Waals surface area contributed by atoms with E-state index in [-0.39, 0.29) is 11.2 Å². The third kappa shape index (κ3) is 2.24. The van der Waals surface area contributed by atoms with E-state index in [0.717, 1.165) is 30.2 Å². The standard InChI is InChI=1S/C14H19N3O2S/c18-13(19)10-2-1-3-11(10)20-14-16-15-12(8-4-5-8)17(14)9-6-7-9/h8-11H,1-7H2,(H,18,19). The molecule has 4 rings (SSSR count). The summed E-state index contributed by atoms with van der Waals surface area (Å²) < 4.78 is 2.32. The second-order valence-electron chi connectivity index (χ2n) is 6.25. The van der Waals surface area contributed by atoms with Gasteiger partial charge in [-0.05, 0) is 38.5 Å². The van der Waals surface area contributed by atoms with Crippen LogP contribution in [0.1, 0.15) is 62.7 Å². The van der Waals surface area contributed by atoms with E-state index < -0.39 is 5.97 Å². The lowest BCUT2D eigenvalue weighted by Crippen LogP contribution is -2.20. The summed E-state index contributed by atoms with van der Waals surface area (Å²) in [6, 6.07) is 0.577. The smallest absolute Gasteiger partial charge is 0.307 e. The Hall–Kier alpha value is -1.04. The number of aromatic nitrogens is 3.